The highest BCUT2D eigenvalue weighted by atomic mass is 35.5. The number of allylic oxidation sites excluding steroid dienone is 1. The highest BCUT2D eigenvalue weighted by Gasteiger charge is 2.31. The van der Waals surface area contributed by atoms with Crippen LogP contribution in [0.3, 0.4) is 0 Å². The quantitative estimate of drug-likeness (QED) is 0.197. The highest BCUT2D eigenvalue weighted by Crippen LogP contribution is 2.44. The molecule has 5 rings (SSSR count). The van der Waals surface area contributed by atoms with Crippen molar-refractivity contribution in [3.8, 4) is 23.3 Å². The van der Waals surface area contributed by atoms with E-state index in [1.165, 1.54) is 0 Å². The van der Waals surface area contributed by atoms with Gasteiger partial charge in [0.25, 0.3) is 0 Å². The van der Waals surface area contributed by atoms with Gasteiger partial charge < -0.3 is 19.9 Å². The van der Waals surface area contributed by atoms with Gasteiger partial charge in [-0.1, -0.05) is 65.2 Å². The van der Waals surface area contributed by atoms with Gasteiger partial charge in [0.05, 0.1) is 11.5 Å². The summed E-state index contributed by atoms with van der Waals surface area (Å²) in [6.07, 6.45) is 0. The predicted molar refractivity (Wildman–Crippen MR) is 149 cm³/mol. The molecular formula is C31H22Cl2N2O4. The summed E-state index contributed by atoms with van der Waals surface area (Å²) in [4.78, 5) is 12.6. The summed E-state index contributed by atoms with van der Waals surface area (Å²) in [7, 11) is 0. The molecule has 1 atom stereocenters. The van der Waals surface area contributed by atoms with Crippen LogP contribution < -0.4 is 19.9 Å². The lowest BCUT2D eigenvalue weighted by atomic mass is 9.83. The van der Waals surface area contributed by atoms with Crippen LogP contribution in [0.25, 0.3) is 0 Å². The van der Waals surface area contributed by atoms with E-state index in [0.717, 1.165) is 16.7 Å². The fourth-order valence-corrected chi connectivity index (χ4v) is 4.74. The number of nitriles is 1. The molecule has 6 nitrogen and oxygen atoms in total. The molecule has 39 heavy (non-hydrogen) atoms. The van der Waals surface area contributed by atoms with Crippen LogP contribution >= 0.6 is 23.2 Å². The number of ether oxygens (including phenoxy) is 3. The van der Waals surface area contributed by atoms with Gasteiger partial charge in [-0.3, -0.25) is 0 Å². The summed E-state index contributed by atoms with van der Waals surface area (Å²) >= 11 is 12.3. The second-order valence-electron chi connectivity index (χ2n) is 8.98. The molecular weight excluding hydrogens is 535 g/mol. The van der Waals surface area contributed by atoms with Gasteiger partial charge in [0.1, 0.15) is 35.5 Å². The molecule has 1 aliphatic heterocycles. The zero-order valence-electron chi connectivity index (χ0n) is 20.8. The molecule has 0 fully saturated rings. The maximum absolute atomic E-state index is 12.6. The van der Waals surface area contributed by atoms with E-state index in [2.05, 4.69) is 6.07 Å². The Labute approximate surface area is 235 Å². The lowest BCUT2D eigenvalue weighted by Crippen LogP contribution is -2.21. The summed E-state index contributed by atoms with van der Waals surface area (Å²) in [6, 6.07) is 26.9. The van der Waals surface area contributed by atoms with Crippen LogP contribution in [0.2, 0.25) is 10.0 Å². The van der Waals surface area contributed by atoms with Gasteiger partial charge in [0.15, 0.2) is 0 Å². The number of hydrogen-bond acceptors (Lipinski definition) is 6. The Bertz CT molecular complexity index is 1640. The van der Waals surface area contributed by atoms with E-state index in [4.69, 9.17) is 43.1 Å². The average Bonchev–Trinajstić information content (AvgIpc) is 2.92. The van der Waals surface area contributed by atoms with Gasteiger partial charge in [0, 0.05) is 27.2 Å². The third-order valence-corrected chi connectivity index (χ3v) is 6.88. The van der Waals surface area contributed by atoms with Crippen LogP contribution in [0.5, 0.6) is 17.2 Å². The molecule has 0 spiro atoms. The van der Waals surface area contributed by atoms with Gasteiger partial charge >= 0.3 is 5.97 Å². The molecule has 194 valence electrons. The van der Waals surface area contributed by atoms with E-state index in [1.54, 1.807) is 42.5 Å². The molecule has 1 aliphatic rings. The van der Waals surface area contributed by atoms with Gasteiger partial charge in [-0.25, -0.2) is 4.79 Å². The first-order valence-corrected chi connectivity index (χ1v) is 12.7. The number of fused-ring (bicyclic) bond motifs is 1. The fourth-order valence-electron chi connectivity index (χ4n) is 4.28. The Morgan fingerprint density at radius 1 is 1.00 bits per heavy atom. The zero-order chi connectivity index (χ0) is 27.5. The first-order valence-electron chi connectivity index (χ1n) is 12.0. The fraction of sp³-hybridized carbons (Fsp3) is 0.0968. The van der Waals surface area contributed by atoms with Gasteiger partial charge in [0.2, 0.25) is 5.88 Å². The number of nitrogens with zero attached hydrogens (tertiary/aromatic N) is 1. The highest BCUT2D eigenvalue weighted by molar-refractivity contribution is 6.35. The summed E-state index contributed by atoms with van der Waals surface area (Å²) in [5.41, 5.74) is 10.2. The van der Waals surface area contributed by atoms with Crippen LogP contribution in [-0.4, -0.2) is 5.97 Å². The number of carbonyl (C=O) groups is 1. The SMILES string of the molecule is Cc1ccc(C(=O)Oc2ccc3c(c2)OC(N)=C(C#N)C3c2cccc(OCc3ccc(Cl)cc3Cl)c2)cc1. The molecule has 0 radical (unpaired) electrons. The first-order chi connectivity index (χ1) is 18.8. The Morgan fingerprint density at radius 3 is 2.54 bits per heavy atom. The van der Waals surface area contributed by atoms with Crippen LogP contribution in [0, 0.1) is 18.3 Å². The standard InChI is InChI=1S/C31H22Cl2N2O4/c1-18-5-7-19(8-6-18)31(36)38-24-11-12-25-28(15-24)39-30(35)26(16-34)29(25)20-3-2-4-23(13-20)37-17-21-9-10-22(32)14-27(21)33/h2-15,29H,17,35H2,1H3. The Kier molecular flexibility index (Phi) is 7.47. The maximum Gasteiger partial charge on any atom is 0.343 e. The second kappa shape index (κ2) is 11.1. The molecule has 0 aliphatic carbocycles. The van der Waals surface area contributed by atoms with Crippen molar-refractivity contribution in [2.75, 3.05) is 0 Å². The molecule has 0 bridgehead atoms. The van der Waals surface area contributed by atoms with Crippen molar-refractivity contribution in [1.82, 2.24) is 0 Å². The summed E-state index contributed by atoms with van der Waals surface area (Å²) in [5, 5.41) is 11.0. The van der Waals surface area contributed by atoms with Gasteiger partial charge in [-0.05, 0) is 55.0 Å². The van der Waals surface area contributed by atoms with Crippen molar-refractivity contribution >= 4 is 29.2 Å². The van der Waals surface area contributed by atoms with E-state index in [0.29, 0.717) is 38.4 Å². The minimum atomic E-state index is -0.511. The number of nitrogens with two attached hydrogens (primary N) is 1. The average molecular weight is 557 g/mol. The molecule has 1 unspecified atom stereocenters. The van der Waals surface area contributed by atoms with Crippen molar-refractivity contribution in [2.24, 2.45) is 5.73 Å². The Hall–Kier alpha value is -4.44. The lowest BCUT2D eigenvalue weighted by molar-refractivity contribution is 0.0734. The number of aryl methyl sites for hydroxylation is 1. The number of rotatable bonds is 6. The van der Waals surface area contributed by atoms with E-state index in [-0.39, 0.29) is 18.1 Å². The van der Waals surface area contributed by atoms with E-state index < -0.39 is 11.9 Å². The molecule has 0 saturated carbocycles. The second-order valence-corrected chi connectivity index (χ2v) is 9.82. The summed E-state index contributed by atoms with van der Waals surface area (Å²) in [5.74, 6) is 0.257. The molecule has 2 N–H and O–H groups in total. The summed E-state index contributed by atoms with van der Waals surface area (Å²) < 4.78 is 17.3. The van der Waals surface area contributed by atoms with Crippen LogP contribution in [-0.2, 0) is 6.61 Å². The zero-order valence-corrected chi connectivity index (χ0v) is 22.3. The first kappa shape index (κ1) is 26.2. The summed E-state index contributed by atoms with van der Waals surface area (Å²) in [6.45, 7) is 2.18. The van der Waals surface area contributed by atoms with Crippen molar-refractivity contribution in [1.29, 1.82) is 5.26 Å². The lowest BCUT2D eigenvalue weighted by Gasteiger charge is -2.27. The maximum atomic E-state index is 12.6. The monoisotopic (exact) mass is 556 g/mol. The minimum absolute atomic E-state index is 0.0173. The molecule has 0 aromatic heterocycles. The number of halogens is 2. The smallest absolute Gasteiger partial charge is 0.343 e. The predicted octanol–water partition coefficient (Wildman–Crippen LogP) is 7.32. The molecule has 4 aromatic rings. The Morgan fingerprint density at radius 2 is 1.79 bits per heavy atom. The van der Waals surface area contributed by atoms with Crippen molar-refractivity contribution in [3.63, 3.8) is 0 Å². The number of benzene rings is 4. The topological polar surface area (TPSA) is 94.6 Å². The molecule has 1 heterocycles. The largest absolute Gasteiger partial charge is 0.489 e. The van der Waals surface area contributed by atoms with Crippen LogP contribution in [0.15, 0.2) is 96.4 Å². The van der Waals surface area contributed by atoms with Crippen molar-refractivity contribution in [2.45, 2.75) is 19.4 Å². The minimum Gasteiger partial charge on any atom is -0.489 e. The van der Waals surface area contributed by atoms with Gasteiger partial charge in [-0.15, -0.1) is 0 Å². The van der Waals surface area contributed by atoms with Crippen molar-refractivity contribution < 1.29 is 19.0 Å². The van der Waals surface area contributed by atoms with E-state index in [1.807, 2.05) is 49.4 Å². The molecule has 8 heteroatoms. The van der Waals surface area contributed by atoms with Crippen LogP contribution in [0.1, 0.15) is 38.5 Å². The van der Waals surface area contributed by atoms with Crippen LogP contribution in [0.4, 0.5) is 0 Å². The molecule has 4 aromatic carbocycles. The van der Waals surface area contributed by atoms with Gasteiger partial charge in [-0.2, -0.15) is 5.26 Å². The van der Waals surface area contributed by atoms with Crippen molar-refractivity contribution in [3.05, 3.63) is 134 Å². The Balaban J connectivity index is 1.41. The third kappa shape index (κ3) is 5.70. The number of hydrogen-bond donors (Lipinski definition) is 1. The number of carbonyl (C=O) groups excluding carboxylic acids is 1. The third-order valence-electron chi connectivity index (χ3n) is 6.29. The van der Waals surface area contributed by atoms with E-state index >= 15 is 0 Å². The molecule has 0 saturated heterocycles. The molecule has 0 amide bonds. The normalized spacial score (nSPS) is 14.2. The van der Waals surface area contributed by atoms with E-state index in [9.17, 15) is 10.1 Å². The number of esters is 1.